The number of benzene rings is 1. The topological polar surface area (TPSA) is 46.3 Å². The van der Waals surface area contributed by atoms with Crippen LogP contribution in [0.25, 0.3) is 0 Å². The van der Waals surface area contributed by atoms with Crippen molar-refractivity contribution in [2.75, 3.05) is 11.4 Å². The molecule has 1 heterocycles. The number of aryl methyl sites for hydroxylation is 1. The molecule has 0 spiro atoms. The highest BCUT2D eigenvalue weighted by atomic mass is 32.1. The van der Waals surface area contributed by atoms with Crippen LogP contribution in [0.4, 0.5) is 5.69 Å². The van der Waals surface area contributed by atoms with Crippen molar-refractivity contribution in [2.24, 2.45) is 5.73 Å². The maximum atomic E-state index is 12.0. The molecule has 0 aliphatic carbocycles. The summed E-state index contributed by atoms with van der Waals surface area (Å²) in [7, 11) is 0. The number of nitrogens with two attached hydrogens (primary N) is 1. The Kier molecular flexibility index (Phi) is 4.71. The van der Waals surface area contributed by atoms with Crippen LogP contribution in [0.1, 0.15) is 17.4 Å². The van der Waals surface area contributed by atoms with Crippen molar-refractivity contribution in [3.63, 3.8) is 0 Å². The number of carbonyl (C=O) groups excluding carboxylic acids is 1. The molecule has 0 unspecified atom stereocenters. The summed E-state index contributed by atoms with van der Waals surface area (Å²) in [5, 5.41) is 2.01. The largest absolute Gasteiger partial charge is 0.322 e. The molecule has 0 aliphatic rings. The fourth-order valence-electron chi connectivity index (χ4n) is 1.90. The molecule has 3 nitrogen and oxygen atoms in total. The lowest BCUT2D eigenvalue weighted by Gasteiger charge is -2.22. The molecule has 1 amide bonds. The highest BCUT2D eigenvalue weighted by molar-refractivity contribution is 7.09. The fourth-order valence-corrected chi connectivity index (χ4v) is 2.60. The van der Waals surface area contributed by atoms with Crippen molar-refractivity contribution in [1.29, 1.82) is 0 Å². The van der Waals surface area contributed by atoms with Gasteiger partial charge in [-0.05, 0) is 35.6 Å². The molecule has 4 heteroatoms. The van der Waals surface area contributed by atoms with Crippen molar-refractivity contribution in [2.45, 2.75) is 19.9 Å². The maximum Gasteiger partial charge on any atom is 0.241 e. The second kappa shape index (κ2) is 6.50. The van der Waals surface area contributed by atoms with Crippen LogP contribution in [0.5, 0.6) is 0 Å². The minimum absolute atomic E-state index is 0.0287. The van der Waals surface area contributed by atoms with E-state index in [1.807, 2.05) is 29.6 Å². The molecule has 0 radical (unpaired) electrons. The van der Waals surface area contributed by atoms with E-state index in [4.69, 9.17) is 5.73 Å². The predicted octanol–water partition coefficient (Wildman–Crippen LogP) is 2.80. The van der Waals surface area contributed by atoms with Crippen LogP contribution in [-0.2, 0) is 17.8 Å². The lowest BCUT2D eigenvalue weighted by Crippen LogP contribution is -2.35. The van der Waals surface area contributed by atoms with Gasteiger partial charge in [-0.1, -0.05) is 25.1 Å². The smallest absolute Gasteiger partial charge is 0.241 e. The van der Waals surface area contributed by atoms with Gasteiger partial charge in [0, 0.05) is 10.6 Å². The number of anilines is 1. The van der Waals surface area contributed by atoms with E-state index in [1.165, 1.54) is 5.56 Å². The number of carbonyl (C=O) groups is 1. The summed E-state index contributed by atoms with van der Waals surface area (Å²) in [4.78, 5) is 14.9. The van der Waals surface area contributed by atoms with Gasteiger partial charge in [-0.2, -0.15) is 0 Å². The van der Waals surface area contributed by atoms with Gasteiger partial charge < -0.3 is 10.6 Å². The standard InChI is InChI=1S/C15H18N2OS/c1-2-12-5-7-13(8-6-12)17(15(18)10-16)11-14-4-3-9-19-14/h3-9H,2,10-11,16H2,1H3. The van der Waals surface area contributed by atoms with Crippen molar-refractivity contribution < 1.29 is 4.79 Å². The van der Waals surface area contributed by atoms with E-state index in [2.05, 4.69) is 19.1 Å². The predicted molar refractivity (Wildman–Crippen MR) is 80.4 cm³/mol. The molecule has 2 aromatic rings. The van der Waals surface area contributed by atoms with Gasteiger partial charge in [0.25, 0.3) is 0 Å². The van der Waals surface area contributed by atoms with E-state index in [0.717, 1.165) is 17.0 Å². The highest BCUT2D eigenvalue weighted by Crippen LogP contribution is 2.20. The van der Waals surface area contributed by atoms with Crippen LogP contribution in [0.2, 0.25) is 0 Å². The Morgan fingerprint density at radius 1 is 1.26 bits per heavy atom. The SMILES string of the molecule is CCc1ccc(N(Cc2cccs2)C(=O)CN)cc1. The monoisotopic (exact) mass is 274 g/mol. The van der Waals surface area contributed by atoms with E-state index >= 15 is 0 Å². The average molecular weight is 274 g/mol. The van der Waals surface area contributed by atoms with E-state index in [1.54, 1.807) is 16.2 Å². The Hall–Kier alpha value is -1.65. The summed E-state index contributed by atoms with van der Waals surface area (Å²) in [5.41, 5.74) is 7.68. The van der Waals surface area contributed by atoms with Crippen LogP contribution >= 0.6 is 11.3 Å². The maximum absolute atomic E-state index is 12.0. The molecular weight excluding hydrogens is 256 g/mol. The van der Waals surface area contributed by atoms with E-state index in [9.17, 15) is 4.79 Å². The summed E-state index contributed by atoms with van der Waals surface area (Å²) in [6.07, 6.45) is 0.996. The van der Waals surface area contributed by atoms with Gasteiger partial charge in [0.2, 0.25) is 5.91 Å². The average Bonchev–Trinajstić information content (AvgIpc) is 2.97. The Morgan fingerprint density at radius 2 is 2.00 bits per heavy atom. The van der Waals surface area contributed by atoms with Crippen molar-refractivity contribution in [3.8, 4) is 0 Å². The van der Waals surface area contributed by atoms with Gasteiger partial charge in [0.05, 0.1) is 13.1 Å². The summed E-state index contributed by atoms with van der Waals surface area (Å²) < 4.78 is 0. The molecular formula is C15H18N2OS. The zero-order chi connectivity index (χ0) is 13.7. The van der Waals surface area contributed by atoms with E-state index < -0.39 is 0 Å². The van der Waals surface area contributed by atoms with Crippen LogP contribution in [0, 0.1) is 0 Å². The van der Waals surface area contributed by atoms with E-state index in [-0.39, 0.29) is 12.5 Å². The molecule has 0 fully saturated rings. The summed E-state index contributed by atoms with van der Waals surface area (Å²) >= 11 is 1.65. The first-order valence-electron chi connectivity index (χ1n) is 6.36. The molecule has 19 heavy (non-hydrogen) atoms. The highest BCUT2D eigenvalue weighted by Gasteiger charge is 2.15. The summed E-state index contributed by atoms with van der Waals surface area (Å²) in [5.74, 6) is -0.0577. The van der Waals surface area contributed by atoms with Gasteiger partial charge in [-0.25, -0.2) is 0 Å². The van der Waals surface area contributed by atoms with Crippen molar-refractivity contribution >= 4 is 22.9 Å². The van der Waals surface area contributed by atoms with Crippen molar-refractivity contribution in [1.82, 2.24) is 0 Å². The van der Waals surface area contributed by atoms with Crippen molar-refractivity contribution in [3.05, 3.63) is 52.2 Å². The number of thiophene rings is 1. The Bertz CT molecular complexity index is 520. The van der Waals surface area contributed by atoms with Gasteiger partial charge in [0.1, 0.15) is 0 Å². The molecule has 0 aliphatic heterocycles. The van der Waals surface area contributed by atoms with Crippen LogP contribution in [0.15, 0.2) is 41.8 Å². The lowest BCUT2D eigenvalue weighted by molar-refractivity contribution is -0.117. The van der Waals surface area contributed by atoms with Crippen LogP contribution in [-0.4, -0.2) is 12.5 Å². The van der Waals surface area contributed by atoms with Crippen LogP contribution in [0.3, 0.4) is 0 Å². The zero-order valence-corrected chi connectivity index (χ0v) is 11.8. The second-order valence-corrected chi connectivity index (χ2v) is 5.32. The Morgan fingerprint density at radius 3 is 2.53 bits per heavy atom. The van der Waals surface area contributed by atoms with Crippen LogP contribution < -0.4 is 10.6 Å². The van der Waals surface area contributed by atoms with Gasteiger partial charge >= 0.3 is 0 Å². The molecule has 2 rings (SSSR count). The molecule has 100 valence electrons. The zero-order valence-electron chi connectivity index (χ0n) is 11.0. The molecule has 0 bridgehead atoms. The molecule has 1 aromatic carbocycles. The second-order valence-electron chi connectivity index (χ2n) is 4.28. The van der Waals surface area contributed by atoms with Gasteiger partial charge in [-0.15, -0.1) is 11.3 Å². The minimum Gasteiger partial charge on any atom is -0.322 e. The molecule has 2 N–H and O–H groups in total. The first-order valence-corrected chi connectivity index (χ1v) is 7.24. The third-order valence-corrected chi connectivity index (χ3v) is 3.89. The summed E-state index contributed by atoms with van der Waals surface area (Å²) in [6.45, 7) is 2.73. The third-order valence-electron chi connectivity index (χ3n) is 3.03. The number of rotatable bonds is 5. The van der Waals surface area contributed by atoms with E-state index in [0.29, 0.717) is 6.54 Å². The normalized spacial score (nSPS) is 10.4. The molecule has 0 atom stereocenters. The fraction of sp³-hybridized carbons (Fsp3) is 0.267. The Balaban J connectivity index is 2.23. The van der Waals surface area contributed by atoms with Gasteiger partial charge in [-0.3, -0.25) is 4.79 Å². The molecule has 1 aromatic heterocycles. The Labute approximate surface area is 117 Å². The van der Waals surface area contributed by atoms with Gasteiger partial charge in [0.15, 0.2) is 0 Å². The minimum atomic E-state index is -0.0577. The number of hydrogen-bond donors (Lipinski definition) is 1. The number of amides is 1. The molecule has 0 saturated carbocycles. The third kappa shape index (κ3) is 3.43. The number of hydrogen-bond acceptors (Lipinski definition) is 3. The first kappa shape index (κ1) is 13.8. The number of nitrogens with zero attached hydrogens (tertiary/aromatic N) is 1. The quantitative estimate of drug-likeness (QED) is 0.911. The lowest BCUT2D eigenvalue weighted by atomic mass is 10.1. The molecule has 0 saturated heterocycles. The first-order chi connectivity index (χ1) is 9.24. The summed E-state index contributed by atoms with van der Waals surface area (Å²) in [6, 6.07) is 12.1.